The highest BCUT2D eigenvalue weighted by molar-refractivity contribution is 4.93. The fraction of sp³-hybridized carbons (Fsp3) is 1.00. The summed E-state index contributed by atoms with van der Waals surface area (Å²) in [5.74, 6) is 0.923. The van der Waals surface area contributed by atoms with Crippen molar-refractivity contribution in [1.82, 2.24) is 5.32 Å². The van der Waals surface area contributed by atoms with E-state index in [4.69, 9.17) is 9.47 Å². The fourth-order valence-electron chi connectivity index (χ4n) is 3.20. The lowest BCUT2D eigenvalue weighted by Crippen LogP contribution is -2.56. The molecule has 106 valence electrons. The van der Waals surface area contributed by atoms with Gasteiger partial charge in [-0.2, -0.15) is 0 Å². The number of ether oxygens (including phenoxy) is 2. The zero-order valence-corrected chi connectivity index (χ0v) is 12.2. The molecule has 1 saturated heterocycles. The van der Waals surface area contributed by atoms with Gasteiger partial charge in [-0.3, -0.25) is 0 Å². The molecule has 0 bridgehead atoms. The van der Waals surface area contributed by atoms with Crippen LogP contribution in [0.4, 0.5) is 0 Å². The maximum atomic E-state index is 6.37. The molecule has 0 amide bonds. The summed E-state index contributed by atoms with van der Waals surface area (Å²) in [5, 5.41) is 3.55. The highest BCUT2D eigenvalue weighted by Gasteiger charge is 2.40. The van der Waals surface area contributed by atoms with E-state index in [1.54, 1.807) is 0 Å². The van der Waals surface area contributed by atoms with Gasteiger partial charge in [0.1, 0.15) is 0 Å². The van der Waals surface area contributed by atoms with Gasteiger partial charge in [0.05, 0.1) is 24.4 Å². The number of morpholine rings is 1. The molecule has 2 rings (SSSR count). The predicted octanol–water partition coefficient (Wildman–Crippen LogP) is 2.74. The van der Waals surface area contributed by atoms with Crippen molar-refractivity contribution in [3.8, 4) is 0 Å². The Balaban J connectivity index is 1.82. The number of rotatable bonds is 4. The SMILES string of the molecule is CCC1CCC2(CC1)CNCC(COC(C)C)O2. The number of hydrogen-bond donors (Lipinski definition) is 1. The lowest BCUT2D eigenvalue weighted by atomic mass is 9.77. The molecule has 1 saturated carbocycles. The second-order valence-corrected chi connectivity index (χ2v) is 6.29. The summed E-state index contributed by atoms with van der Waals surface area (Å²) in [6.07, 6.45) is 6.95. The molecule has 1 aliphatic carbocycles. The molecule has 3 nitrogen and oxygen atoms in total. The molecule has 18 heavy (non-hydrogen) atoms. The summed E-state index contributed by atoms with van der Waals surface area (Å²) in [7, 11) is 0. The molecule has 1 aliphatic heterocycles. The monoisotopic (exact) mass is 255 g/mol. The van der Waals surface area contributed by atoms with Gasteiger partial charge in [0.25, 0.3) is 0 Å². The fourth-order valence-corrected chi connectivity index (χ4v) is 3.20. The molecule has 2 fully saturated rings. The van der Waals surface area contributed by atoms with Gasteiger partial charge in [-0.1, -0.05) is 13.3 Å². The van der Waals surface area contributed by atoms with Crippen LogP contribution in [0.25, 0.3) is 0 Å². The largest absolute Gasteiger partial charge is 0.376 e. The molecule has 1 unspecified atom stereocenters. The predicted molar refractivity (Wildman–Crippen MR) is 73.8 cm³/mol. The maximum absolute atomic E-state index is 6.37. The Morgan fingerprint density at radius 1 is 1.33 bits per heavy atom. The zero-order valence-electron chi connectivity index (χ0n) is 12.2. The Hall–Kier alpha value is -0.120. The Labute approximate surface area is 112 Å². The van der Waals surface area contributed by atoms with Crippen molar-refractivity contribution in [2.75, 3.05) is 19.7 Å². The standard InChI is InChI=1S/C15H29NO2/c1-4-13-5-7-15(8-6-13)11-16-9-14(18-15)10-17-12(2)3/h12-14,16H,4-11H2,1-3H3. The van der Waals surface area contributed by atoms with Gasteiger partial charge in [0, 0.05) is 13.1 Å². The van der Waals surface area contributed by atoms with Crippen molar-refractivity contribution in [2.24, 2.45) is 5.92 Å². The minimum Gasteiger partial charge on any atom is -0.376 e. The molecule has 2 aliphatic rings. The van der Waals surface area contributed by atoms with Crippen LogP contribution in [-0.2, 0) is 9.47 Å². The second-order valence-electron chi connectivity index (χ2n) is 6.29. The maximum Gasteiger partial charge on any atom is 0.0940 e. The third-order valence-corrected chi connectivity index (χ3v) is 4.45. The van der Waals surface area contributed by atoms with Crippen LogP contribution in [-0.4, -0.2) is 37.5 Å². The first kappa shape index (κ1) is 14.3. The molecular formula is C15H29NO2. The quantitative estimate of drug-likeness (QED) is 0.838. The molecule has 3 heteroatoms. The van der Waals surface area contributed by atoms with Gasteiger partial charge < -0.3 is 14.8 Å². The molecular weight excluding hydrogens is 226 g/mol. The van der Waals surface area contributed by atoms with E-state index < -0.39 is 0 Å². The average molecular weight is 255 g/mol. The van der Waals surface area contributed by atoms with Gasteiger partial charge >= 0.3 is 0 Å². The average Bonchev–Trinajstić information content (AvgIpc) is 2.38. The first-order valence-electron chi connectivity index (χ1n) is 7.64. The summed E-state index contributed by atoms with van der Waals surface area (Å²) < 4.78 is 12.1. The van der Waals surface area contributed by atoms with Crippen LogP contribution >= 0.6 is 0 Å². The lowest BCUT2D eigenvalue weighted by molar-refractivity contribution is -0.160. The van der Waals surface area contributed by atoms with Crippen LogP contribution in [0.15, 0.2) is 0 Å². The summed E-state index contributed by atoms with van der Waals surface area (Å²) in [5.41, 5.74) is 0.106. The molecule has 0 aromatic heterocycles. The summed E-state index contributed by atoms with van der Waals surface area (Å²) in [6, 6.07) is 0. The van der Waals surface area contributed by atoms with Crippen LogP contribution < -0.4 is 5.32 Å². The van der Waals surface area contributed by atoms with Gasteiger partial charge in [0.2, 0.25) is 0 Å². The molecule has 1 N–H and O–H groups in total. The smallest absolute Gasteiger partial charge is 0.0940 e. The van der Waals surface area contributed by atoms with Crippen molar-refractivity contribution < 1.29 is 9.47 Å². The van der Waals surface area contributed by atoms with Gasteiger partial charge in [-0.15, -0.1) is 0 Å². The summed E-state index contributed by atoms with van der Waals surface area (Å²) >= 11 is 0. The van der Waals surface area contributed by atoms with Gasteiger partial charge in [0.15, 0.2) is 0 Å². The first-order chi connectivity index (χ1) is 8.63. The van der Waals surface area contributed by atoms with E-state index in [0.29, 0.717) is 6.10 Å². The highest BCUT2D eigenvalue weighted by Crippen LogP contribution is 2.37. The van der Waals surface area contributed by atoms with Crippen molar-refractivity contribution in [2.45, 2.75) is 70.7 Å². The first-order valence-corrected chi connectivity index (χ1v) is 7.64. The van der Waals surface area contributed by atoms with Crippen molar-refractivity contribution in [3.05, 3.63) is 0 Å². The zero-order chi connectivity index (χ0) is 13.0. The molecule has 0 aromatic rings. The van der Waals surface area contributed by atoms with Crippen LogP contribution in [0.1, 0.15) is 52.9 Å². The van der Waals surface area contributed by atoms with Crippen LogP contribution in [0.2, 0.25) is 0 Å². The molecule has 0 aromatic carbocycles. The molecule has 0 radical (unpaired) electrons. The van der Waals surface area contributed by atoms with Crippen LogP contribution in [0.3, 0.4) is 0 Å². The van der Waals surface area contributed by atoms with E-state index in [2.05, 4.69) is 26.1 Å². The van der Waals surface area contributed by atoms with Crippen molar-refractivity contribution in [3.63, 3.8) is 0 Å². The van der Waals surface area contributed by atoms with Gasteiger partial charge in [-0.25, -0.2) is 0 Å². The van der Waals surface area contributed by atoms with Gasteiger partial charge in [-0.05, 0) is 45.4 Å². The van der Waals surface area contributed by atoms with E-state index in [-0.39, 0.29) is 11.7 Å². The normalized spacial score (nSPS) is 37.3. The number of hydrogen-bond acceptors (Lipinski definition) is 3. The Bertz CT molecular complexity index is 247. The Kier molecular flexibility index (Phi) is 5.05. The van der Waals surface area contributed by atoms with E-state index >= 15 is 0 Å². The van der Waals surface area contributed by atoms with E-state index in [0.717, 1.165) is 25.6 Å². The lowest BCUT2D eigenvalue weighted by Gasteiger charge is -2.45. The highest BCUT2D eigenvalue weighted by atomic mass is 16.6. The second kappa shape index (κ2) is 6.36. The van der Waals surface area contributed by atoms with E-state index in [1.807, 2.05) is 0 Å². The third kappa shape index (κ3) is 3.69. The van der Waals surface area contributed by atoms with E-state index in [1.165, 1.54) is 32.1 Å². The number of nitrogens with one attached hydrogen (secondary N) is 1. The molecule has 1 spiro atoms. The van der Waals surface area contributed by atoms with Crippen LogP contribution in [0, 0.1) is 5.92 Å². The topological polar surface area (TPSA) is 30.5 Å². The van der Waals surface area contributed by atoms with E-state index in [9.17, 15) is 0 Å². The minimum absolute atomic E-state index is 0.106. The van der Waals surface area contributed by atoms with Crippen molar-refractivity contribution in [1.29, 1.82) is 0 Å². The Morgan fingerprint density at radius 2 is 2.06 bits per heavy atom. The van der Waals surface area contributed by atoms with Crippen LogP contribution in [0.5, 0.6) is 0 Å². The third-order valence-electron chi connectivity index (χ3n) is 4.45. The Morgan fingerprint density at radius 3 is 2.67 bits per heavy atom. The molecule has 1 atom stereocenters. The van der Waals surface area contributed by atoms with Crippen molar-refractivity contribution >= 4 is 0 Å². The summed E-state index contributed by atoms with van der Waals surface area (Å²) in [4.78, 5) is 0. The minimum atomic E-state index is 0.106. The summed E-state index contributed by atoms with van der Waals surface area (Å²) in [6.45, 7) is 9.16. The molecule has 1 heterocycles.